The third-order valence-corrected chi connectivity index (χ3v) is 9.94. The number of sulfonamides is 1. The minimum Gasteiger partial charge on any atom is -0.352 e. The summed E-state index contributed by atoms with van der Waals surface area (Å²) in [6, 6.07) is 19.1. The number of benzene rings is 3. The molecule has 1 fully saturated rings. The van der Waals surface area contributed by atoms with E-state index in [2.05, 4.69) is 5.32 Å². The zero-order chi connectivity index (χ0) is 29.6. The molecule has 41 heavy (non-hydrogen) atoms. The largest absolute Gasteiger partial charge is 0.352 e. The highest BCUT2D eigenvalue weighted by atomic mass is 35.5. The molecular weight excluding hydrogens is 581 g/mol. The number of nitrogens with zero attached hydrogens (tertiary/aromatic N) is 2. The Balaban J connectivity index is 1.69. The summed E-state index contributed by atoms with van der Waals surface area (Å²) in [6.45, 7) is 2.96. The molecule has 1 aliphatic rings. The Morgan fingerprint density at radius 2 is 1.59 bits per heavy atom. The summed E-state index contributed by atoms with van der Waals surface area (Å²) in [5.74, 6) is -0.791. The second-order valence-electron chi connectivity index (χ2n) is 10.4. The standard InChI is InChI=1S/C31H35Cl2N3O4S/c1-22-28(33)14-9-15-29(22)36(41(39,40)27-12-7-4-8-13-27)21-30(37)35(20-24-16-18-25(32)19-17-24)23(2)31(38)34-26-10-5-3-6-11-26/h4,7-9,12-19,23,26H,3,5-6,10-11,20-21H2,1-2H3,(H,34,38). The quantitative estimate of drug-likeness (QED) is 0.287. The van der Waals surface area contributed by atoms with Crippen LogP contribution in [0.1, 0.15) is 50.2 Å². The SMILES string of the molecule is Cc1c(Cl)cccc1N(CC(=O)N(Cc1ccc(Cl)cc1)C(C)C(=O)NC1CCCCC1)S(=O)(=O)c1ccccc1. The lowest BCUT2D eigenvalue weighted by Crippen LogP contribution is -2.53. The third kappa shape index (κ3) is 7.61. The highest BCUT2D eigenvalue weighted by molar-refractivity contribution is 7.92. The van der Waals surface area contributed by atoms with E-state index in [1.807, 2.05) is 0 Å². The lowest BCUT2D eigenvalue weighted by Gasteiger charge is -2.33. The fourth-order valence-corrected chi connectivity index (χ4v) is 6.83. The maximum Gasteiger partial charge on any atom is 0.264 e. The summed E-state index contributed by atoms with van der Waals surface area (Å²) >= 11 is 12.5. The minimum atomic E-state index is -4.16. The van der Waals surface area contributed by atoms with E-state index in [9.17, 15) is 18.0 Å². The van der Waals surface area contributed by atoms with Crippen LogP contribution in [0.2, 0.25) is 10.0 Å². The summed E-state index contributed by atoms with van der Waals surface area (Å²) in [7, 11) is -4.16. The number of carbonyl (C=O) groups is 2. The molecule has 1 atom stereocenters. The molecule has 3 aromatic rings. The molecule has 2 amide bonds. The molecule has 1 aliphatic carbocycles. The van der Waals surface area contributed by atoms with Gasteiger partial charge < -0.3 is 10.2 Å². The zero-order valence-corrected chi connectivity index (χ0v) is 25.6. The van der Waals surface area contributed by atoms with Crippen molar-refractivity contribution in [1.82, 2.24) is 10.2 Å². The molecule has 218 valence electrons. The highest BCUT2D eigenvalue weighted by Gasteiger charge is 2.34. The first-order valence-electron chi connectivity index (χ1n) is 13.7. The number of carbonyl (C=O) groups excluding carboxylic acids is 2. The monoisotopic (exact) mass is 615 g/mol. The number of hydrogen-bond donors (Lipinski definition) is 1. The predicted octanol–water partition coefficient (Wildman–Crippen LogP) is 6.36. The second-order valence-corrected chi connectivity index (χ2v) is 13.1. The van der Waals surface area contributed by atoms with Gasteiger partial charge >= 0.3 is 0 Å². The lowest BCUT2D eigenvalue weighted by atomic mass is 9.95. The summed E-state index contributed by atoms with van der Waals surface area (Å²) in [4.78, 5) is 29.0. The van der Waals surface area contributed by atoms with Crippen molar-refractivity contribution in [2.45, 2.75) is 69.5 Å². The van der Waals surface area contributed by atoms with Crippen LogP contribution in [0.25, 0.3) is 0 Å². The topological polar surface area (TPSA) is 86.8 Å². The van der Waals surface area contributed by atoms with E-state index >= 15 is 0 Å². The molecule has 3 aromatic carbocycles. The molecule has 1 unspecified atom stereocenters. The average Bonchev–Trinajstić information content (AvgIpc) is 2.97. The molecule has 0 heterocycles. The van der Waals surface area contributed by atoms with E-state index < -0.39 is 28.5 Å². The number of hydrogen-bond acceptors (Lipinski definition) is 4. The van der Waals surface area contributed by atoms with Crippen LogP contribution in [0, 0.1) is 6.92 Å². The Bertz CT molecular complexity index is 1460. The normalized spacial score (nSPS) is 14.7. The van der Waals surface area contributed by atoms with Crippen LogP contribution >= 0.6 is 23.2 Å². The van der Waals surface area contributed by atoms with Gasteiger partial charge in [0, 0.05) is 22.6 Å². The van der Waals surface area contributed by atoms with Crippen molar-refractivity contribution in [1.29, 1.82) is 0 Å². The van der Waals surface area contributed by atoms with Crippen molar-refractivity contribution >= 4 is 50.7 Å². The van der Waals surface area contributed by atoms with Gasteiger partial charge in [0.2, 0.25) is 11.8 Å². The van der Waals surface area contributed by atoms with Crippen LogP contribution in [-0.2, 0) is 26.2 Å². The third-order valence-electron chi connectivity index (χ3n) is 7.50. The number of anilines is 1. The molecule has 1 saturated carbocycles. The van der Waals surface area contributed by atoms with Crippen LogP contribution < -0.4 is 9.62 Å². The second kappa shape index (κ2) is 13.7. The molecule has 0 aromatic heterocycles. The van der Waals surface area contributed by atoms with Gasteiger partial charge in [-0.2, -0.15) is 0 Å². The number of amides is 2. The van der Waals surface area contributed by atoms with Gasteiger partial charge in [0.1, 0.15) is 12.6 Å². The maximum absolute atomic E-state index is 14.1. The fourth-order valence-electron chi connectivity index (χ4n) is 5.04. The van der Waals surface area contributed by atoms with Crippen molar-refractivity contribution in [3.05, 3.63) is 94.0 Å². The van der Waals surface area contributed by atoms with Crippen molar-refractivity contribution in [2.24, 2.45) is 0 Å². The van der Waals surface area contributed by atoms with Gasteiger partial charge in [0.25, 0.3) is 10.0 Å². The Hall–Kier alpha value is -3.07. The first kappa shape index (κ1) is 30.9. The molecule has 4 rings (SSSR count). The van der Waals surface area contributed by atoms with E-state index in [-0.39, 0.29) is 23.4 Å². The summed E-state index contributed by atoms with van der Waals surface area (Å²) in [6.07, 6.45) is 5.06. The van der Waals surface area contributed by atoms with Crippen LogP contribution in [0.3, 0.4) is 0 Å². The Morgan fingerprint density at radius 1 is 0.927 bits per heavy atom. The van der Waals surface area contributed by atoms with Crippen molar-refractivity contribution < 1.29 is 18.0 Å². The zero-order valence-electron chi connectivity index (χ0n) is 23.2. The summed E-state index contributed by atoms with van der Waals surface area (Å²) < 4.78 is 28.9. The van der Waals surface area contributed by atoms with Gasteiger partial charge in [-0.25, -0.2) is 8.42 Å². The Labute approximate surface area is 252 Å². The van der Waals surface area contributed by atoms with Crippen LogP contribution in [0.4, 0.5) is 5.69 Å². The van der Waals surface area contributed by atoms with Gasteiger partial charge in [0.15, 0.2) is 0 Å². The lowest BCUT2D eigenvalue weighted by molar-refractivity contribution is -0.139. The Kier molecular flexibility index (Phi) is 10.3. The van der Waals surface area contributed by atoms with Crippen molar-refractivity contribution in [3.63, 3.8) is 0 Å². The summed E-state index contributed by atoms with van der Waals surface area (Å²) in [5.41, 5.74) is 1.57. The number of rotatable bonds is 10. The average molecular weight is 617 g/mol. The molecule has 1 N–H and O–H groups in total. The number of halogens is 2. The van der Waals surface area contributed by atoms with Crippen molar-refractivity contribution in [2.75, 3.05) is 10.8 Å². The van der Waals surface area contributed by atoms with E-state index in [0.717, 1.165) is 42.0 Å². The summed E-state index contributed by atoms with van der Waals surface area (Å²) in [5, 5.41) is 4.03. The van der Waals surface area contributed by atoms with E-state index in [1.165, 1.54) is 17.0 Å². The highest BCUT2D eigenvalue weighted by Crippen LogP contribution is 2.31. The van der Waals surface area contributed by atoms with Gasteiger partial charge in [0.05, 0.1) is 10.6 Å². The van der Waals surface area contributed by atoms with E-state index in [1.54, 1.807) is 74.5 Å². The molecule has 0 radical (unpaired) electrons. The van der Waals surface area contributed by atoms with Gasteiger partial charge in [-0.05, 0) is 74.2 Å². The number of nitrogens with one attached hydrogen (secondary N) is 1. The smallest absolute Gasteiger partial charge is 0.264 e. The molecule has 0 aliphatic heterocycles. The van der Waals surface area contributed by atoms with Crippen LogP contribution in [-0.4, -0.2) is 43.8 Å². The van der Waals surface area contributed by atoms with Crippen LogP contribution in [0.15, 0.2) is 77.7 Å². The molecule has 0 saturated heterocycles. The fraction of sp³-hybridized carbons (Fsp3) is 0.355. The minimum absolute atomic E-state index is 0.0412. The van der Waals surface area contributed by atoms with Gasteiger partial charge in [-0.15, -0.1) is 0 Å². The van der Waals surface area contributed by atoms with Gasteiger partial charge in [-0.3, -0.25) is 13.9 Å². The molecule has 0 spiro atoms. The van der Waals surface area contributed by atoms with Crippen LogP contribution in [0.5, 0.6) is 0 Å². The molecular formula is C31H35Cl2N3O4S. The molecule has 0 bridgehead atoms. The van der Waals surface area contributed by atoms with Crippen molar-refractivity contribution in [3.8, 4) is 0 Å². The van der Waals surface area contributed by atoms with E-state index in [4.69, 9.17) is 23.2 Å². The predicted molar refractivity (Wildman–Crippen MR) is 164 cm³/mol. The molecule has 10 heteroatoms. The van der Waals surface area contributed by atoms with Gasteiger partial charge in [-0.1, -0.05) is 78.9 Å². The first-order chi connectivity index (χ1) is 19.6. The van der Waals surface area contributed by atoms with E-state index in [0.29, 0.717) is 21.3 Å². The Morgan fingerprint density at radius 3 is 2.24 bits per heavy atom. The first-order valence-corrected chi connectivity index (χ1v) is 15.9. The molecule has 7 nitrogen and oxygen atoms in total. The maximum atomic E-state index is 14.1.